The smallest absolute Gasteiger partial charge is 0.239 e. The van der Waals surface area contributed by atoms with Crippen molar-refractivity contribution < 1.29 is 4.79 Å². The molecule has 5 heteroatoms. The fourth-order valence-electron chi connectivity index (χ4n) is 2.38. The molecule has 0 atom stereocenters. The Labute approximate surface area is 113 Å². The number of nitriles is 1. The van der Waals surface area contributed by atoms with Gasteiger partial charge in [0, 0.05) is 24.5 Å². The Morgan fingerprint density at radius 1 is 1.53 bits per heavy atom. The number of nitrogen functional groups attached to an aromatic ring is 1. The van der Waals surface area contributed by atoms with Crippen molar-refractivity contribution in [2.45, 2.75) is 19.3 Å². The molecule has 3 N–H and O–H groups in total. The van der Waals surface area contributed by atoms with Crippen LogP contribution in [0.3, 0.4) is 0 Å². The van der Waals surface area contributed by atoms with Gasteiger partial charge in [0.25, 0.3) is 0 Å². The number of anilines is 2. The van der Waals surface area contributed by atoms with Gasteiger partial charge in [0.15, 0.2) is 0 Å². The highest BCUT2D eigenvalue weighted by molar-refractivity contribution is 5.82. The van der Waals surface area contributed by atoms with E-state index in [-0.39, 0.29) is 5.91 Å². The number of amides is 1. The maximum absolute atomic E-state index is 11.8. The number of nitrogens with one attached hydrogen (secondary N) is 1. The van der Waals surface area contributed by atoms with Crippen molar-refractivity contribution in [3.8, 4) is 6.07 Å². The van der Waals surface area contributed by atoms with Crippen molar-refractivity contribution >= 4 is 17.3 Å². The summed E-state index contributed by atoms with van der Waals surface area (Å²) < 4.78 is 0. The highest BCUT2D eigenvalue weighted by Gasteiger charge is 2.20. The van der Waals surface area contributed by atoms with Gasteiger partial charge < -0.3 is 16.0 Å². The minimum atomic E-state index is -0.0504. The van der Waals surface area contributed by atoms with Crippen LogP contribution in [0.15, 0.2) is 18.2 Å². The summed E-state index contributed by atoms with van der Waals surface area (Å²) in [5, 5.41) is 11.2. The first kappa shape index (κ1) is 13.2. The predicted octanol–water partition coefficient (Wildman–Crippen LogP) is 1.05. The van der Waals surface area contributed by atoms with Crippen molar-refractivity contribution in [1.29, 1.82) is 5.26 Å². The van der Waals surface area contributed by atoms with Crippen LogP contribution in [-0.4, -0.2) is 25.5 Å². The molecular weight excluding hydrogens is 240 g/mol. The van der Waals surface area contributed by atoms with Crippen LogP contribution in [0.4, 0.5) is 11.4 Å². The number of hydrogen-bond donors (Lipinski definition) is 2. The largest absolute Gasteiger partial charge is 0.398 e. The summed E-state index contributed by atoms with van der Waals surface area (Å²) in [5.74, 6) is -0.0504. The molecule has 0 bridgehead atoms. The van der Waals surface area contributed by atoms with Crippen molar-refractivity contribution in [1.82, 2.24) is 5.32 Å². The minimum Gasteiger partial charge on any atom is -0.398 e. The predicted molar refractivity (Wildman–Crippen MR) is 74.6 cm³/mol. The topological polar surface area (TPSA) is 82.2 Å². The van der Waals surface area contributed by atoms with Crippen LogP contribution in [0.2, 0.25) is 0 Å². The minimum absolute atomic E-state index is 0.0504. The Morgan fingerprint density at radius 2 is 2.37 bits per heavy atom. The number of carbonyl (C=O) groups is 1. The zero-order chi connectivity index (χ0) is 13.7. The summed E-state index contributed by atoms with van der Waals surface area (Å²) in [4.78, 5) is 13.8. The molecule has 0 unspecified atom stereocenters. The van der Waals surface area contributed by atoms with Gasteiger partial charge in [-0.25, -0.2) is 0 Å². The molecule has 1 aliphatic heterocycles. The van der Waals surface area contributed by atoms with Gasteiger partial charge in [-0.3, -0.25) is 4.79 Å². The zero-order valence-corrected chi connectivity index (χ0v) is 10.9. The van der Waals surface area contributed by atoms with Gasteiger partial charge >= 0.3 is 0 Å². The van der Waals surface area contributed by atoms with Crippen molar-refractivity contribution in [2.24, 2.45) is 0 Å². The Hall–Kier alpha value is -2.22. The normalized spacial score (nSPS) is 13.5. The van der Waals surface area contributed by atoms with Gasteiger partial charge in [-0.15, -0.1) is 0 Å². The van der Waals surface area contributed by atoms with Gasteiger partial charge in [0.05, 0.1) is 19.0 Å². The highest BCUT2D eigenvalue weighted by Crippen LogP contribution is 2.30. The fourth-order valence-corrected chi connectivity index (χ4v) is 2.38. The third-order valence-corrected chi connectivity index (χ3v) is 3.28. The Morgan fingerprint density at radius 3 is 3.16 bits per heavy atom. The van der Waals surface area contributed by atoms with E-state index in [2.05, 4.69) is 10.2 Å². The molecule has 1 amide bonds. The number of fused-ring (bicyclic) bond motifs is 1. The second kappa shape index (κ2) is 6.10. The molecule has 0 aliphatic carbocycles. The molecule has 1 aromatic carbocycles. The molecule has 0 spiro atoms. The summed E-state index contributed by atoms with van der Waals surface area (Å²) in [7, 11) is 0. The van der Waals surface area contributed by atoms with E-state index >= 15 is 0 Å². The van der Waals surface area contributed by atoms with Crippen molar-refractivity contribution in [2.75, 3.05) is 30.3 Å². The quantitative estimate of drug-likeness (QED) is 0.624. The molecule has 5 nitrogen and oxygen atoms in total. The number of benzene rings is 1. The zero-order valence-electron chi connectivity index (χ0n) is 10.9. The summed E-state index contributed by atoms with van der Waals surface area (Å²) >= 11 is 0. The average molecular weight is 258 g/mol. The summed E-state index contributed by atoms with van der Waals surface area (Å²) in [6.07, 6.45) is 2.32. The number of hydrogen-bond acceptors (Lipinski definition) is 4. The van der Waals surface area contributed by atoms with E-state index in [1.807, 2.05) is 24.3 Å². The Kier molecular flexibility index (Phi) is 4.24. The van der Waals surface area contributed by atoms with E-state index in [0.717, 1.165) is 36.3 Å². The standard InChI is InChI=1S/C14H18N4O/c15-7-3-8-17-14(19)10-18-9-2-4-11-12(16)5-1-6-13(11)18/h1,5-6H,2-4,8-10,16H2,(H,17,19). The van der Waals surface area contributed by atoms with E-state index in [4.69, 9.17) is 11.0 Å². The second-order valence-electron chi connectivity index (χ2n) is 4.63. The lowest BCUT2D eigenvalue weighted by molar-refractivity contribution is -0.119. The molecule has 100 valence electrons. The van der Waals surface area contributed by atoms with Crippen molar-refractivity contribution in [3.63, 3.8) is 0 Å². The summed E-state index contributed by atoms with van der Waals surface area (Å²) in [6, 6.07) is 7.83. The molecule has 0 radical (unpaired) electrons. The number of carbonyl (C=O) groups excluding carboxylic acids is 1. The molecule has 1 aliphatic rings. The fraction of sp³-hybridized carbons (Fsp3) is 0.429. The third-order valence-electron chi connectivity index (χ3n) is 3.28. The van der Waals surface area contributed by atoms with E-state index < -0.39 is 0 Å². The van der Waals surface area contributed by atoms with Crippen LogP contribution < -0.4 is 16.0 Å². The highest BCUT2D eigenvalue weighted by atomic mass is 16.2. The lowest BCUT2D eigenvalue weighted by Crippen LogP contribution is -2.40. The third kappa shape index (κ3) is 3.16. The Balaban J connectivity index is 2.02. The molecule has 0 aromatic heterocycles. The summed E-state index contributed by atoms with van der Waals surface area (Å²) in [6.45, 7) is 1.59. The van der Waals surface area contributed by atoms with E-state index in [1.54, 1.807) is 0 Å². The average Bonchev–Trinajstić information content (AvgIpc) is 2.40. The van der Waals surface area contributed by atoms with Crippen LogP contribution in [0, 0.1) is 11.3 Å². The molecule has 1 heterocycles. The van der Waals surface area contributed by atoms with Gasteiger partial charge in [-0.2, -0.15) is 5.26 Å². The molecule has 0 saturated carbocycles. The van der Waals surface area contributed by atoms with Gasteiger partial charge in [0.1, 0.15) is 0 Å². The molecule has 0 fully saturated rings. The second-order valence-corrected chi connectivity index (χ2v) is 4.63. The van der Waals surface area contributed by atoms with E-state index in [9.17, 15) is 4.79 Å². The van der Waals surface area contributed by atoms with Crippen LogP contribution in [0.25, 0.3) is 0 Å². The van der Waals surface area contributed by atoms with Gasteiger partial charge in [0.2, 0.25) is 5.91 Å². The number of nitrogens with zero attached hydrogens (tertiary/aromatic N) is 2. The van der Waals surface area contributed by atoms with Crippen molar-refractivity contribution in [3.05, 3.63) is 23.8 Å². The lowest BCUT2D eigenvalue weighted by atomic mass is 10.00. The molecule has 19 heavy (non-hydrogen) atoms. The molecule has 0 saturated heterocycles. The van der Waals surface area contributed by atoms with Crippen LogP contribution in [0.1, 0.15) is 18.4 Å². The van der Waals surface area contributed by atoms with E-state index in [0.29, 0.717) is 19.5 Å². The van der Waals surface area contributed by atoms with E-state index in [1.165, 1.54) is 0 Å². The van der Waals surface area contributed by atoms with Gasteiger partial charge in [-0.05, 0) is 30.5 Å². The maximum atomic E-state index is 11.8. The SMILES string of the molecule is N#CCCNC(=O)CN1CCCc2c(N)cccc21. The Bertz CT molecular complexity index is 507. The first-order valence-electron chi connectivity index (χ1n) is 6.48. The maximum Gasteiger partial charge on any atom is 0.239 e. The van der Waals surface area contributed by atoms with Crippen LogP contribution in [0.5, 0.6) is 0 Å². The molecular formula is C14H18N4O. The molecule has 2 rings (SSSR count). The molecule has 1 aromatic rings. The number of rotatable bonds is 4. The first-order chi connectivity index (χ1) is 9.22. The monoisotopic (exact) mass is 258 g/mol. The van der Waals surface area contributed by atoms with Crippen LogP contribution >= 0.6 is 0 Å². The number of nitrogens with two attached hydrogens (primary N) is 1. The lowest BCUT2D eigenvalue weighted by Gasteiger charge is -2.31. The summed E-state index contributed by atoms with van der Waals surface area (Å²) in [5.41, 5.74) is 8.96. The first-order valence-corrected chi connectivity index (χ1v) is 6.48. The van der Waals surface area contributed by atoms with Gasteiger partial charge in [-0.1, -0.05) is 6.07 Å². The van der Waals surface area contributed by atoms with Crippen LogP contribution in [-0.2, 0) is 11.2 Å².